The van der Waals surface area contributed by atoms with Crippen LogP contribution in [0.3, 0.4) is 0 Å². The Kier molecular flexibility index (Phi) is 5.71. The van der Waals surface area contributed by atoms with Crippen molar-refractivity contribution in [2.24, 2.45) is 4.99 Å². The lowest BCUT2D eigenvalue weighted by Gasteiger charge is -2.13. The molecule has 0 aromatic heterocycles. The molecule has 0 amide bonds. The van der Waals surface area contributed by atoms with Gasteiger partial charge in [-0.05, 0) is 42.2 Å². The van der Waals surface area contributed by atoms with Crippen LogP contribution >= 0.6 is 11.8 Å². The molecule has 1 aliphatic heterocycles. The van der Waals surface area contributed by atoms with Gasteiger partial charge >= 0.3 is 5.97 Å². The molecule has 0 saturated carbocycles. The van der Waals surface area contributed by atoms with Crippen molar-refractivity contribution in [2.45, 2.75) is 4.90 Å². The first-order chi connectivity index (χ1) is 13.1. The van der Waals surface area contributed by atoms with Crippen LogP contribution in [0, 0.1) is 0 Å². The molecule has 0 N–H and O–H groups in total. The van der Waals surface area contributed by atoms with E-state index in [1.165, 1.54) is 21.3 Å². The van der Waals surface area contributed by atoms with Gasteiger partial charge in [-0.15, -0.1) is 11.8 Å². The van der Waals surface area contributed by atoms with Gasteiger partial charge < -0.3 is 18.9 Å². The second-order valence-electron chi connectivity index (χ2n) is 5.52. The lowest BCUT2D eigenvalue weighted by atomic mass is 10.1. The van der Waals surface area contributed by atoms with E-state index in [1.807, 2.05) is 30.5 Å². The SMILES string of the molecule is COc1cc(C2=N/C(=C/c3ccc(SC)cc3)C(=O)O2)cc(OC)c1OC. The average Bonchev–Trinajstić information content (AvgIpc) is 3.07. The first-order valence-electron chi connectivity index (χ1n) is 8.06. The number of methoxy groups -OCH3 is 3. The number of carbonyl (C=O) groups is 1. The molecule has 2 aromatic rings. The minimum Gasteiger partial charge on any atom is -0.493 e. The van der Waals surface area contributed by atoms with Crippen molar-refractivity contribution < 1.29 is 23.7 Å². The molecule has 27 heavy (non-hydrogen) atoms. The fraction of sp³-hybridized carbons (Fsp3) is 0.200. The molecule has 0 radical (unpaired) electrons. The zero-order chi connectivity index (χ0) is 19.4. The number of hydrogen-bond donors (Lipinski definition) is 0. The van der Waals surface area contributed by atoms with E-state index in [0.29, 0.717) is 22.8 Å². The predicted molar refractivity (Wildman–Crippen MR) is 105 cm³/mol. The maximum Gasteiger partial charge on any atom is 0.363 e. The molecule has 6 nitrogen and oxygen atoms in total. The third-order valence-electron chi connectivity index (χ3n) is 3.95. The highest BCUT2D eigenvalue weighted by atomic mass is 32.2. The Hall–Kier alpha value is -2.93. The Morgan fingerprint density at radius 3 is 2.15 bits per heavy atom. The number of rotatable bonds is 6. The van der Waals surface area contributed by atoms with E-state index < -0.39 is 5.97 Å². The Bertz CT molecular complexity index is 893. The van der Waals surface area contributed by atoms with Crippen molar-refractivity contribution in [3.63, 3.8) is 0 Å². The zero-order valence-electron chi connectivity index (χ0n) is 15.4. The van der Waals surface area contributed by atoms with E-state index >= 15 is 0 Å². The van der Waals surface area contributed by atoms with Crippen LogP contribution in [0.5, 0.6) is 17.2 Å². The van der Waals surface area contributed by atoms with Crippen molar-refractivity contribution in [2.75, 3.05) is 27.6 Å². The third-order valence-corrected chi connectivity index (χ3v) is 4.69. The van der Waals surface area contributed by atoms with Gasteiger partial charge in [0.2, 0.25) is 11.6 Å². The van der Waals surface area contributed by atoms with Crippen LogP contribution in [0.1, 0.15) is 11.1 Å². The topological polar surface area (TPSA) is 66.4 Å². The van der Waals surface area contributed by atoms with Gasteiger partial charge in [0.05, 0.1) is 21.3 Å². The lowest BCUT2D eigenvalue weighted by Crippen LogP contribution is -2.06. The van der Waals surface area contributed by atoms with Gasteiger partial charge in [0.1, 0.15) is 0 Å². The Morgan fingerprint density at radius 1 is 1.00 bits per heavy atom. The number of nitrogens with zero attached hydrogens (tertiary/aromatic N) is 1. The van der Waals surface area contributed by atoms with Crippen molar-refractivity contribution in [1.82, 2.24) is 0 Å². The minimum absolute atomic E-state index is 0.186. The largest absolute Gasteiger partial charge is 0.493 e. The number of aliphatic imine (C=N–C) groups is 1. The molecule has 0 bridgehead atoms. The minimum atomic E-state index is -0.507. The Morgan fingerprint density at radius 2 is 1.63 bits per heavy atom. The highest BCUT2D eigenvalue weighted by Crippen LogP contribution is 2.39. The van der Waals surface area contributed by atoms with Gasteiger partial charge in [-0.2, -0.15) is 0 Å². The summed E-state index contributed by atoms with van der Waals surface area (Å²) in [6, 6.07) is 11.2. The number of carbonyl (C=O) groups excluding carboxylic acids is 1. The molecule has 0 fully saturated rings. The molecular formula is C20H19NO5S. The second-order valence-corrected chi connectivity index (χ2v) is 6.40. The molecule has 1 aliphatic rings. The van der Waals surface area contributed by atoms with Crippen LogP contribution < -0.4 is 14.2 Å². The first-order valence-corrected chi connectivity index (χ1v) is 9.29. The van der Waals surface area contributed by atoms with E-state index in [1.54, 1.807) is 30.0 Å². The van der Waals surface area contributed by atoms with Crippen LogP contribution in [-0.2, 0) is 9.53 Å². The molecule has 3 rings (SSSR count). The molecule has 140 valence electrons. The van der Waals surface area contributed by atoms with Crippen LogP contribution in [0.4, 0.5) is 0 Å². The summed E-state index contributed by atoms with van der Waals surface area (Å²) in [6.45, 7) is 0. The van der Waals surface area contributed by atoms with Crippen molar-refractivity contribution >= 4 is 29.7 Å². The molecule has 0 spiro atoms. The molecule has 0 atom stereocenters. The number of thioether (sulfide) groups is 1. The molecule has 0 aliphatic carbocycles. The summed E-state index contributed by atoms with van der Waals surface area (Å²) in [5, 5.41) is 0. The summed E-state index contributed by atoms with van der Waals surface area (Å²) >= 11 is 1.65. The van der Waals surface area contributed by atoms with Gasteiger partial charge in [0.15, 0.2) is 17.2 Å². The number of benzene rings is 2. The highest BCUT2D eigenvalue weighted by molar-refractivity contribution is 7.98. The van der Waals surface area contributed by atoms with Gasteiger partial charge in [-0.3, -0.25) is 0 Å². The van der Waals surface area contributed by atoms with Crippen LogP contribution in [0.2, 0.25) is 0 Å². The van der Waals surface area contributed by atoms with Crippen molar-refractivity contribution in [3.05, 3.63) is 53.2 Å². The Balaban J connectivity index is 1.97. The number of cyclic esters (lactones) is 1. The summed E-state index contributed by atoms with van der Waals surface area (Å²) in [7, 11) is 4.57. The van der Waals surface area contributed by atoms with Crippen molar-refractivity contribution in [1.29, 1.82) is 0 Å². The molecule has 1 heterocycles. The Labute approximate surface area is 161 Å². The highest BCUT2D eigenvalue weighted by Gasteiger charge is 2.26. The van der Waals surface area contributed by atoms with E-state index in [-0.39, 0.29) is 11.6 Å². The van der Waals surface area contributed by atoms with E-state index in [2.05, 4.69) is 4.99 Å². The zero-order valence-corrected chi connectivity index (χ0v) is 16.3. The summed E-state index contributed by atoms with van der Waals surface area (Å²) in [6.07, 6.45) is 3.70. The summed E-state index contributed by atoms with van der Waals surface area (Å²) in [5.41, 5.74) is 1.66. The van der Waals surface area contributed by atoms with E-state index in [4.69, 9.17) is 18.9 Å². The van der Waals surface area contributed by atoms with Gasteiger partial charge in [0, 0.05) is 10.5 Å². The maximum absolute atomic E-state index is 12.2. The average molecular weight is 385 g/mol. The fourth-order valence-electron chi connectivity index (χ4n) is 2.60. The second kappa shape index (κ2) is 8.18. The number of ether oxygens (including phenoxy) is 4. The molecule has 0 unspecified atom stereocenters. The lowest BCUT2D eigenvalue weighted by molar-refractivity contribution is -0.129. The predicted octanol–water partition coefficient (Wildman–Crippen LogP) is 3.78. The van der Waals surface area contributed by atoms with Crippen LogP contribution in [0.15, 0.2) is 52.0 Å². The van der Waals surface area contributed by atoms with E-state index in [0.717, 1.165) is 10.5 Å². The quantitative estimate of drug-likeness (QED) is 0.428. The fourth-order valence-corrected chi connectivity index (χ4v) is 3.00. The molecule has 2 aromatic carbocycles. The maximum atomic E-state index is 12.2. The molecule has 0 saturated heterocycles. The van der Waals surface area contributed by atoms with Gasteiger partial charge in [-0.1, -0.05) is 12.1 Å². The van der Waals surface area contributed by atoms with Gasteiger partial charge in [-0.25, -0.2) is 9.79 Å². The monoisotopic (exact) mass is 385 g/mol. The van der Waals surface area contributed by atoms with E-state index in [9.17, 15) is 4.79 Å². The summed E-state index contributed by atoms with van der Waals surface area (Å²) in [4.78, 5) is 17.7. The molecular weight excluding hydrogens is 366 g/mol. The third kappa shape index (κ3) is 3.93. The normalized spacial score (nSPS) is 14.7. The standard InChI is InChI=1S/C20H19NO5S/c1-23-16-10-13(11-17(24-2)18(16)25-3)19-21-15(20(22)26-19)9-12-5-7-14(27-4)8-6-12/h5-11H,1-4H3/b15-9+. The number of hydrogen-bond acceptors (Lipinski definition) is 7. The smallest absolute Gasteiger partial charge is 0.363 e. The van der Waals surface area contributed by atoms with Crippen LogP contribution in [-0.4, -0.2) is 39.5 Å². The van der Waals surface area contributed by atoms with Crippen molar-refractivity contribution in [3.8, 4) is 17.2 Å². The molecule has 7 heteroatoms. The van der Waals surface area contributed by atoms with Crippen LogP contribution in [0.25, 0.3) is 6.08 Å². The summed E-state index contributed by atoms with van der Waals surface area (Å²) in [5.74, 6) is 1.05. The summed E-state index contributed by atoms with van der Waals surface area (Å²) < 4.78 is 21.3. The number of esters is 1. The first kappa shape index (κ1) is 18.8. The van der Waals surface area contributed by atoms with Gasteiger partial charge in [0.25, 0.3) is 0 Å².